The number of aliphatic imine (C=N–C) groups is 1. The predicted octanol–water partition coefficient (Wildman–Crippen LogP) is 2.14. The quantitative estimate of drug-likeness (QED) is 0.371. The van der Waals surface area contributed by atoms with Crippen LogP contribution in [-0.4, -0.2) is 61.4 Å². The van der Waals surface area contributed by atoms with Crippen LogP contribution in [0.4, 0.5) is 0 Å². The number of halogens is 1. The molecule has 148 valence electrons. The predicted molar refractivity (Wildman–Crippen MR) is 119 cm³/mol. The third kappa shape index (κ3) is 5.93. The maximum absolute atomic E-state index is 11.6. The molecule has 1 aromatic heterocycles. The molecule has 0 radical (unpaired) electrons. The number of aromatic nitrogens is 2. The van der Waals surface area contributed by atoms with Gasteiger partial charge in [0.1, 0.15) is 5.82 Å². The van der Waals surface area contributed by atoms with Crippen molar-refractivity contribution in [1.82, 2.24) is 20.2 Å². The average Bonchev–Trinajstić information content (AvgIpc) is 3.22. The standard InChI is InChI=1S/C18H25N5O2S.HI/c1-19-18(21-10-14-8-9-26(24,25)13-14)23(2)12-17-20-11-16(22-17)15-6-4-3-5-7-15;/h3-7,11,14H,8-10,12-13H2,1-2H3,(H,19,21)(H,20,22);1H. The molecule has 9 heteroatoms. The Kier molecular flexibility index (Phi) is 7.66. The van der Waals surface area contributed by atoms with Gasteiger partial charge in [-0.15, -0.1) is 24.0 Å². The molecule has 0 spiro atoms. The minimum Gasteiger partial charge on any atom is -0.356 e. The number of guanidine groups is 1. The van der Waals surface area contributed by atoms with E-state index in [0.29, 0.717) is 25.3 Å². The maximum Gasteiger partial charge on any atom is 0.193 e. The lowest BCUT2D eigenvalue weighted by molar-refractivity contribution is 0.453. The van der Waals surface area contributed by atoms with Gasteiger partial charge < -0.3 is 15.2 Å². The minimum atomic E-state index is -2.85. The van der Waals surface area contributed by atoms with E-state index in [0.717, 1.165) is 23.0 Å². The molecule has 1 aliphatic rings. The highest BCUT2D eigenvalue weighted by atomic mass is 127. The van der Waals surface area contributed by atoms with Crippen LogP contribution in [0.2, 0.25) is 0 Å². The highest BCUT2D eigenvalue weighted by molar-refractivity contribution is 14.0. The fraction of sp³-hybridized carbons (Fsp3) is 0.444. The molecule has 7 nitrogen and oxygen atoms in total. The molecular weight excluding hydrogens is 477 g/mol. The summed E-state index contributed by atoms with van der Waals surface area (Å²) >= 11 is 0. The molecular formula is C18H26IN5O2S. The third-order valence-electron chi connectivity index (χ3n) is 4.55. The van der Waals surface area contributed by atoms with E-state index in [1.54, 1.807) is 7.05 Å². The Morgan fingerprint density at radius 3 is 2.74 bits per heavy atom. The Balaban J connectivity index is 0.00000261. The molecule has 0 amide bonds. The normalized spacial score (nSPS) is 18.7. The summed E-state index contributed by atoms with van der Waals surface area (Å²) in [6.07, 6.45) is 2.55. The molecule has 3 rings (SSSR count). The fourth-order valence-corrected chi connectivity index (χ4v) is 5.02. The Labute approximate surface area is 177 Å². The first-order valence-electron chi connectivity index (χ1n) is 8.68. The Bertz CT molecular complexity index is 867. The topological polar surface area (TPSA) is 90.4 Å². The number of nitrogens with zero attached hydrogens (tertiary/aromatic N) is 3. The van der Waals surface area contributed by atoms with E-state index in [-0.39, 0.29) is 35.6 Å². The molecule has 1 saturated heterocycles. The number of hydrogen-bond donors (Lipinski definition) is 2. The molecule has 1 aliphatic heterocycles. The second-order valence-corrected chi connectivity index (χ2v) is 8.89. The molecule has 2 N–H and O–H groups in total. The van der Waals surface area contributed by atoms with E-state index in [4.69, 9.17) is 0 Å². The van der Waals surface area contributed by atoms with Crippen molar-refractivity contribution < 1.29 is 8.42 Å². The van der Waals surface area contributed by atoms with Crippen LogP contribution in [0.15, 0.2) is 41.5 Å². The molecule has 0 saturated carbocycles. The summed E-state index contributed by atoms with van der Waals surface area (Å²) in [5, 5.41) is 3.28. The van der Waals surface area contributed by atoms with Crippen LogP contribution in [0.3, 0.4) is 0 Å². The van der Waals surface area contributed by atoms with Crippen molar-refractivity contribution >= 4 is 39.8 Å². The minimum absolute atomic E-state index is 0. The molecule has 1 unspecified atom stereocenters. The first-order chi connectivity index (χ1) is 12.5. The Morgan fingerprint density at radius 2 is 2.11 bits per heavy atom. The third-order valence-corrected chi connectivity index (χ3v) is 6.39. The lowest BCUT2D eigenvalue weighted by Crippen LogP contribution is -2.41. The van der Waals surface area contributed by atoms with Crippen molar-refractivity contribution in [2.45, 2.75) is 13.0 Å². The van der Waals surface area contributed by atoms with Crippen molar-refractivity contribution in [3.63, 3.8) is 0 Å². The van der Waals surface area contributed by atoms with Crippen LogP contribution in [0.5, 0.6) is 0 Å². The SMILES string of the molecule is CN=C(NCC1CCS(=O)(=O)C1)N(C)Cc1ncc(-c2ccccc2)[nH]1.I. The van der Waals surface area contributed by atoms with Crippen molar-refractivity contribution in [2.24, 2.45) is 10.9 Å². The lowest BCUT2D eigenvalue weighted by atomic mass is 10.1. The van der Waals surface area contributed by atoms with Gasteiger partial charge in [0.25, 0.3) is 0 Å². The average molecular weight is 503 g/mol. The van der Waals surface area contributed by atoms with Gasteiger partial charge in [0.2, 0.25) is 0 Å². The van der Waals surface area contributed by atoms with Crippen molar-refractivity contribution in [3.05, 3.63) is 42.4 Å². The number of nitrogens with one attached hydrogen (secondary N) is 2. The molecule has 2 aromatic rings. The summed E-state index contributed by atoms with van der Waals surface area (Å²) < 4.78 is 23.1. The monoisotopic (exact) mass is 503 g/mol. The van der Waals surface area contributed by atoms with Crippen LogP contribution < -0.4 is 5.32 Å². The first kappa shape index (κ1) is 21.7. The molecule has 2 heterocycles. The Hall–Kier alpha value is -1.62. The van der Waals surface area contributed by atoms with E-state index in [1.807, 2.05) is 48.5 Å². The number of imidazole rings is 1. The molecule has 1 fully saturated rings. The van der Waals surface area contributed by atoms with Gasteiger partial charge in [0, 0.05) is 20.6 Å². The van der Waals surface area contributed by atoms with Crippen LogP contribution >= 0.6 is 24.0 Å². The van der Waals surface area contributed by atoms with Crippen molar-refractivity contribution in [3.8, 4) is 11.3 Å². The molecule has 0 bridgehead atoms. The zero-order valence-electron chi connectivity index (χ0n) is 15.6. The van der Waals surface area contributed by atoms with Crippen molar-refractivity contribution in [2.75, 3.05) is 32.1 Å². The number of hydrogen-bond acceptors (Lipinski definition) is 4. The zero-order chi connectivity index (χ0) is 18.6. The van der Waals surface area contributed by atoms with E-state index >= 15 is 0 Å². The molecule has 27 heavy (non-hydrogen) atoms. The van der Waals surface area contributed by atoms with Crippen LogP contribution in [-0.2, 0) is 16.4 Å². The van der Waals surface area contributed by atoms with Gasteiger partial charge >= 0.3 is 0 Å². The van der Waals surface area contributed by atoms with Crippen LogP contribution in [0.1, 0.15) is 12.2 Å². The largest absolute Gasteiger partial charge is 0.356 e. The molecule has 1 atom stereocenters. The Morgan fingerprint density at radius 1 is 1.37 bits per heavy atom. The van der Waals surface area contributed by atoms with Crippen LogP contribution in [0, 0.1) is 5.92 Å². The summed E-state index contributed by atoms with van der Waals surface area (Å²) in [5.41, 5.74) is 2.08. The maximum atomic E-state index is 11.6. The van der Waals surface area contributed by atoms with E-state index in [9.17, 15) is 8.42 Å². The molecule has 1 aromatic carbocycles. The van der Waals surface area contributed by atoms with Gasteiger partial charge in [-0.3, -0.25) is 4.99 Å². The van der Waals surface area contributed by atoms with Crippen molar-refractivity contribution in [1.29, 1.82) is 0 Å². The summed E-state index contributed by atoms with van der Waals surface area (Å²) in [6, 6.07) is 10.1. The zero-order valence-corrected chi connectivity index (χ0v) is 18.7. The van der Waals surface area contributed by atoms with E-state index in [2.05, 4.69) is 20.3 Å². The van der Waals surface area contributed by atoms with Gasteiger partial charge in [-0.25, -0.2) is 13.4 Å². The van der Waals surface area contributed by atoms with Gasteiger partial charge in [-0.05, 0) is 17.9 Å². The van der Waals surface area contributed by atoms with Gasteiger partial charge in [0.15, 0.2) is 15.8 Å². The van der Waals surface area contributed by atoms with E-state index in [1.165, 1.54) is 0 Å². The summed E-state index contributed by atoms with van der Waals surface area (Å²) in [4.78, 5) is 14.0. The summed E-state index contributed by atoms with van der Waals surface area (Å²) in [5.74, 6) is 2.28. The number of benzene rings is 1. The van der Waals surface area contributed by atoms with Gasteiger partial charge in [0.05, 0.1) is 29.9 Å². The van der Waals surface area contributed by atoms with E-state index < -0.39 is 9.84 Å². The van der Waals surface area contributed by atoms with Crippen LogP contribution in [0.25, 0.3) is 11.3 Å². The smallest absolute Gasteiger partial charge is 0.193 e. The lowest BCUT2D eigenvalue weighted by Gasteiger charge is -2.22. The second kappa shape index (κ2) is 9.54. The number of aromatic amines is 1. The second-order valence-electron chi connectivity index (χ2n) is 6.66. The summed E-state index contributed by atoms with van der Waals surface area (Å²) in [6.45, 7) is 1.19. The van der Waals surface area contributed by atoms with Gasteiger partial charge in [-0.1, -0.05) is 30.3 Å². The van der Waals surface area contributed by atoms with Gasteiger partial charge in [-0.2, -0.15) is 0 Å². The number of rotatable bonds is 5. The molecule has 0 aliphatic carbocycles. The number of sulfone groups is 1. The first-order valence-corrected chi connectivity index (χ1v) is 10.5. The highest BCUT2D eigenvalue weighted by Crippen LogP contribution is 2.18. The number of H-pyrrole nitrogens is 1. The fourth-order valence-electron chi connectivity index (χ4n) is 3.16. The summed E-state index contributed by atoms with van der Waals surface area (Å²) in [7, 11) is 0.809. The highest BCUT2D eigenvalue weighted by Gasteiger charge is 2.27.